The molecule has 2 aliphatic heterocycles. The Kier molecular flexibility index (Phi) is 4.36. The molecule has 2 fully saturated rings. The maximum atomic E-state index is 11.6. The lowest BCUT2D eigenvalue weighted by Gasteiger charge is -2.39. The van der Waals surface area contributed by atoms with Gasteiger partial charge < -0.3 is 14.4 Å². The first-order chi connectivity index (χ1) is 10.3. The topological polar surface area (TPSA) is 54.9 Å². The van der Waals surface area contributed by atoms with Crippen molar-refractivity contribution in [3.05, 3.63) is 24.0 Å². The number of aromatic nitrogens is 1. The summed E-state index contributed by atoms with van der Waals surface area (Å²) in [4.78, 5) is 20.4. The van der Waals surface area contributed by atoms with E-state index in [9.17, 15) is 4.79 Å². The largest absolute Gasteiger partial charge is 0.465 e. The Morgan fingerprint density at radius 2 is 2.14 bits per heavy atom. The van der Waals surface area contributed by atoms with E-state index in [0.29, 0.717) is 11.7 Å². The van der Waals surface area contributed by atoms with E-state index in [4.69, 9.17) is 9.47 Å². The van der Waals surface area contributed by atoms with Gasteiger partial charge in [0.05, 0.1) is 30.7 Å². The molecule has 1 atom stereocenters. The van der Waals surface area contributed by atoms with E-state index in [1.54, 1.807) is 12.4 Å². The molecule has 0 radical (unpaired) electrons. The quantitative estimate of drug-likeness (QED) is 0.764. The second-order valence-electron chi connectivity index (χ2n) is 5.49. The normalized spacial score (nSPS) is 22.7. The number of carbonyl (C=O) groups is 1. The minimum Gasteiger partial charge on any atom is -0.465 e. The van der Waals surface area contributed by atoms with Crippen LogP contribution in [0.5, 0.6) is 0 Å². The van der Waals surface area contributed by atoms with Gasteiger partial charge in [0.2, 0.25) is 0 Å². The van der Waals surface area contributed by atoms with Crippen molar-refractivity contribution >= 4 is 11.7 Å². The molecule has 6 nitrogen and oxygen atoms in total. The number of esters is 1. The molecule has 0 saturated carbocycles. The summed E-state index contributed by atoms with van der Waals surface area (Å²) < 4.78 is 10.2. The van der Waals surface area contributed by atoms with E-state index < -0.39 is 0 Å². The Morgan fingerprint density at radius 3 is 2.76 bits per heavy atom. The lowest BCUT2D eigenvalue weighted by atomic mass is 10.1. The maximum Gasteiger partial charge on any atom is 0.339 e. The van der Waals surface area contributed by atoms with E-state index in [2.05, 4.69) is 14.8 Å². The van der Waals surface area contributed by atoms with Crippen LogP contribution in [0.2, 0.25) is 0 Å². The van der Waals surface area contributed by atoms with Crippen LogP contribution in [0.15, 0.2) is 18.5 Å². The van der Waals surface area contributed by atoms with E-state index in [-0.39, 0.29) is 5.97 Å². The third kappa shape index (κ3) is 3.33. The summed E-state index contributed by atoms with van der Waals surface area (Å²) in [6.07, 6.45) is 4.96. The Hall–Kier alpha value is -1.66. The van der Waals surface area contributed by atoms with E-state index in [0.717, 1.165) is 45.0 Å². The summed E-state index contributed by atoms with van der Waals surface area (Å²) in [5.41, 5.74) is 1.48. The number of pyridine rings is 1. The summed E-state index contributed by atoms with van der Waals surface area (Å²) in [5.74, 6) is -0.342. The zero-order valence-electron chi connectivity index (χ0n) is 12.3. The Morgan fingerprint density at radius 1 is 1.38 bits per heavy atom. The Bertz CT molecular complexity index is 497. The van der Waals surface area contributed by atoms with Crippen LogP contribution in [0.1, 0.15) is 16.8 Å². The second-order valence-corrected chi connectivity index (χ2v) is 5.49. The van der Waals surface area contributed by atoms with Crippen LogP contribution in [0.3, 0.4) is 0 Å². The Balaban J connectivity index is 1.57. The van der Waals surface area contributed by atoms with Crippen molar-refractivity contribution in [3.63, 3.8) is 0 Å². The molecule has 0 spiro atoms. The highest BCUT2D eigenvalue weighted by molar-refractivity contribution is 5.89. The first kappa shape index (κ1) is 14.3. The van der Waals surface area contributed by atoms with Crippen molar-refractivity contribution in [2.75, 3.05) is 51.3 Å². The zero-order chi connectivity index (χ0) is 14.7. The highest BCUT2D eigenvalue weighted by Crippen LogP contribution is 2.19. The van der Waals surface area contributed by atoms with Crippen LogP contribution in [-0.4, -0.2) is 68.4 Å². The van der Waals surface area contributed by atoms with Crippen LogP contribution in [0, 0.1) is 0 Å². The number of hydrogen-bond donors (Lipinski definition) is 0. The number of carbonyl (C=O) groups excluding carboxylic acids is 1. The van der Waals surface area contributed by atoms with Gasteiger partial charge in [-0.15, -0.1) is 0 Å². The van der Waals surface area contributed by atoms with Crippen molar-refractivity contribution < 1.29 is 14.3 Å². The third-order valence-electron chi connectivity index (χ3n) is 4.14. The van der Waals surface area contributed by atoms with E-state index in [1.807, 2.05) is 6.07 Å². The summed E-state index contributed by atoms with van der Waals surface area (Å²) in [6, 6.07) is 1.85. The zero-order valence-corrected chi connectivity index (χ0v) is 12.3. The molecule has 0 N–H and O–H groups in total. The molecule has 0 aliphatic carbocycles. The fourth-order valence-corrected chi connectivity index (χ4v) is 2.74. The number of nitrogens with zero attached hydrogens (tertiary/aromatic N) is 3. The van der Waals surface area contributed by atoms with Crippen molar-refractivity contribution in [2.45, 2.75) is 12.5 Å². The minimum absolute atomic E-state index is 0.342. The number of piperazine rings is 1. The molecule has 0 amide bonds. The fraction of sp³-hybridized carbons (Fsp3) is 0.600. The van der Waals surface area contributed by atoms with Gasteiger partial charge in [0.25, 0.3) is 0 Å². The van der Waals surface area contributed by atoms with Crippen molar-refractivity contribution in [2.24, 2.45) is 0 Å². The number of rotatable bonds is 4. The van der Waals surface area contributed by atoms with Crippen molar-refractivity contribution in [1.29, 1.82) is 0 Å². The van der Waals surface area contributed by atoms with Crippen LogP contribution in [0.25, 0.3) is 0 Å². The molecule has 0 unspecified atom stereocenters. The first-order valence-electron chi connectivity index (χ1n) is 7.38. The highest BCUT2D eigenvalue weighted by Gasteiger charge is 2.24. The van der Waals surface area contributed by atoms with Gasteiger partial charge >= 0.3 is 5.97 Å². The average Bonchev–Trinajstić information content (AvgIpc) is 2.51. The standard InChI is InChI=1S/C15H21N3O3/c1-20-15(19)12-8-13(10-16-9-12)18-5-3-17(4-6-18)11-14-2-7-21-14/h8-10,14H,2-7,11H2,1H3/t14-/m1/s1. The molecule has 114 valence electrons. The van der Waals surface area contributed by atoms with Gasteiger partial charge in [-0.3, -0.25) is 9.88 Å². The maximum absolute atomic E-state index is 11.6. The smallest absolute Gasteiger partial charge is 0.339 e. The van der Waals surface area contributed by atoms with E-state index >= 15 is 0 Å². The lowest BCUT2D eigenvalue weighted by Crippen LogP contribution is -2.50. The Labute approximate surface area is 124 Å². The van der Waals surface area contributed by atoms with Gasteiger partial charge in [0.15, 0.2) is 0 Å². The highest BCUT2D eigenvalue weighted by atomic mass is 16.5. The molecule has 1 aromatic rings. The summed E-state index contributed by atoms with van der Waals surface area (Å²) >= 11 is 0. The first-order valence-corrected chi connectivity index (χ1v) is 7.38. The predicted molar refractivity (Wildman–Crippen MR) is 78.6 cm³/mol. The van der Waals surface area contributed by atoms with Gasteiger partial charge in [-0.05, 0) is 12.5 Å². The van der Waals surface area contributed by atoms with Crippen LogP contribution in [0.4, 0.5) is 5.69 Å². The molecular weight excluding hydrogens is 270 g/mol. The van der Waals surface area contributed by atoms with Gasteiger partial charge in [-0.1, -0.05) is 0 Å². The molecule has 0 aromatic carbocycles. The van der Waals surface area contributed by atoms with Gasteiger partial charge in [0.1, 0.15) is 0 Å². The van der Waals surface area contributed by atoms with Crippen LogP contribution < -0.4 is 4.90 Å². The minimum atomic E-state index is -0.342. The third-order valence-corrected chi connectivity index (χ3v) is 4.14. The van der Waals surface area contributed by atoms with Crippen LogP contribution in [-0.2, 0) is 9.47 Å². The molecule has 3 rings (SSSR count). The molecular formula is C15H21N3O3. The molecule has 0 bridgehead atoms. The number of ether oxygens (including phenoxy) is 2. The molecule has 3 heterocycles. The second kappa shape index (κ2) is 6.41. The van der Waals surface area contributed by atoms with E-state index in [1.165, 1.54) is 13.5 Å². The van der Waals surface area contributed by atoms with Crippen LogP contribution >= 0.6 is 0 Å². The molecule has 21 heavy (non-hydrogen) atoms. The molecule has 1 aromatic heterocycles. The summed E-state index contributed by atoms with van der Waals surface area (Å²) in [6.45, 7) is 5.87. The molecule has 6 heteroatoms. The number of anilines is 1. The molecule has 2 saturated heterocycles. The number of methoxy groups -OCH3 is 1. The summed E-state index contributed by atoms with van der Waals surface area (Å²) in [5, 5.41) is 0. The fourth-order valence-electron chi connectivity index (χ4n) is 2.74. The van der Waals surface area contributed by atoms with Gasteiger partial charge in [-0.2, -0.15) is 0 Å². The lowest BCUT2D eigenvalue weighted by molar-refractivity contribution is -0.0671. The predicted octanol–water partition coefficient (Wildman–Crippen LogP) is 0.779. The molecule has 2 aliphatic rings. The SMILES string of the molecule is COC(=O)c1cncc(N2CCN(C[C@H]3CCO3)CC2)c1. The van der Waals surface area contributed by atoms with Crippen molar-refractivity contribution in [1.82, 2.24) is 9.88 Å². The number of hydrogen-bond acceptors (Lipinski definition) is 6. The monoisotopic (exact) mass is 291 g/mol. The van der Waals surface area contributed by atoms with Crippen molar-refractivity contribution in [3.8, 4) is 0 Å². The van der Waals surface area contributed by atoms with Gasteiger partial charge in [0, 0.05) is 45.5 Å². The summed E-state index contributed by atoms with van der Waals surface area (Å²) in [7, 11) is 1.39. The van der Waals surface area contributed by atoms with Gasteiger partial charge in [-0.25, -0.2) is 4.79 Å². The average molecular weight is 291 g/mol.